The van der Waals surface area contributed by atoms with Crippen LogP contribution < -0.4 is 10.6 Å². The van der Waals surface area contributed by atoms with Crippen molar-refractivity contribution >= 4 is 17.3 Å². The molecular formula is C28H45N5OS. The summed E-state index contributed by atoms with van der Waals surface area (Å²) in [5, 5.41) is 7.74. The lowest BCUT2D eigenvalue weighted by molar-refractivity contribution is -0.0142. The van der Waals surface area contributed by atoms with Crippen LogP contribution in [-0.2, 0) is 11.2 Å². The van der Waals surface area contributed by atoms with Crippen molar-refractivity contribution in [3.05, 3.63) is 35.9 Å². The first-order chi connectivity index (χ1) is 17.2. The fraction of sp³-hybridized carbons (Fsp3) is 0.750. The Morgan fingerprint density at radius 2 is 1.74 bits per heavy atom. The summed E-state index contributed by atoms with van der Waals surface area (Å²) in [6.07, 6.45) is 6.69. The number of rotatable bonds is 9. The van der Waals surface area contributed by atoms with E-state index in [4.69, 9.17) is 17.0 Å². The molecule has 35 heavy (non-hydrogen) atoms. The molecular weight excluding hydrogens is 454 g/mol. The maximum absolute atomic E-state index is 5.57. The van der Waals surface area contributed by atoms with Gasteiger partial charge in [0, 0.05) is 51.9 Å². The predicted octanol–water partition coefficient (Wildman–Crippen LogP) is 2.45. The zero-order valence-electron chi connectivity index (χ0n) is 21.4. The monoisotopic (exact) mass is 499 g/mol. The molecule has 5 fully saturated rings. The third-order valence-corrected chi connectivity index (χ3v) is 9.19. The second kappa shape index (κ2) is 12.8. The van der Waals surface area contributed by atoms with Crippen LogP contribution in [0.15, 0.2) is 30.3 Å². The number of fused-ring (bicyclic) bond motifs is 3. The number of hydrogen-bond donors (Lipinski definition) is 2. The molecule has 1 unspecified atom stereocenters. The molecule has 2 N–H and O–H groups in total. The molecule has 5 aliphatic heterocycles. The van der Waals surface area contributed by atoms with E-state index in [0.717, 1.165) is 68.8 Å². The van der Waals surface area contributed by atoms with Crippen LogP contribution in [0.3, 0.4) is 0 Å². The van der Waals surface area contributed by atoms with Gasteiger partial charge in [-0.3, -0.25) is 9.80 Å². The smallest absolute Gasteiger partial charge is 0.166 e. The van der Waals surface area contributed by atoms with Gasteiger partial charge in [-0.05, 0) is 87.3 Å². The topological polar surface area (TPSA) is 43.0 Å². The Morgan fingerprint density at radius 1 is 0.943 bits per heavy atom. The van der Waals surface area contributed by atoms with Gasteiger partial charge in [-0.15, -0.1) is 0 Å². The first kappa shape index (κ1) is 25.4. The molecule has 0 aromatic heterocycles. The second-order valence-electron chi connectivity index (χ2n) is 11.2. The van der Waals surface area contributed by atoms with Crippen molar-refractivity contribution in [2.75, 3.05) is 78.7 Å². The van der Waals surface area contributed by atoms with Gasteiger partial charge in [0.25, 0.3) is 0 Å². The molecule has 0 amide bonds. The Hall–Kier alpha value is -1.25. The van der Waals surface area contributed by atoms with Crippen LogP contribution in [0.4, 0.5) is 0 Å². The quantitative estimate of drug-likeness (QED) is 0.506. The average Bonchev–Trinajstić information content (AvgIpc) is 2.90. The van der Waals surface area contributed by atoms with E-state index in [-0.39, 0.29) is 0 Å². The normalized spacial score (nSPS) is 30.3. The van der Waals surface area contributed by atoms with Crippen LogP contribution in [0.1, 0.15) is 31.2 Å². The highest BCUT2D eigenvalue weighted by Crippen LogP contribution is 2.37. The first-order valence-corrected chi connectivity index (χ1v) is 14.5. The lowest BCUT2D eigenvalue weighted by Gasteiger charge is -2.51. The van der Waals surface area contributed by atoms with E-state index in [1.807, 2.05) is 0 Å². The summed E-state index contributed by atoms with van der Waals surface area (Å²) < 4.78 is 5.42. The van der Waals surface area contributed by atoms with E-state index >= 15 is 0 Å². The van der Waals surface area contributed by atoms with E-state index in [2.05, 4.69) is 55.7 Å². The molecule has 7 heteroatoms. The minimum Gasteiger partial charge on any atom is -0.379 e. The summed E-state index contributed by atoms with van der Waals surface area (Å²) >= 11 is 5.57. The lowest BCUT2D eigenvalue weighted by atomic mass is 9.75. The number of likely N-dealkylation sites (tertiary alicyclic amines) is 1. The third kappa shape index (κ3) is 7.39. The highest BCUT2D eigenvalue weighted by molar-refractivity contribution is 7.80. The Balaban J connectivity index is 0.976. The standard InChI is InChI=1S/C28H45N5OS/c35-28(29-9-13-31-14-16-34-17-15-31)30-20-27-19-25-8-12-33(27)22-26(25)21-32-10-6-24(7-11-32)18-23-4-2-1-3-5-23/h1-5,24-27H,6-22H2,(H2,29,30,35)/t25-,26+,27+/m0/s1. The van der Waals surface area contributed by atoms with Crippen LogP contribution in [0.25, 0.3) is 0 Å². The minimum absolute atomic E-state index is 0.639. The summed E-state index contributed by atoms with van der Waals surface area (Å²) in [7, 11) is 0. The van der Waals surface area contributed by atoms with Gasteiger partial charge < -0.3 is 20.3 Å². The zero-order chi connectivity index (χ0) is 23.9. The molecule has 5 aliphatic rings. The molecule has 0 aliphatic carbocycles. The predicted molar refractivity (Wildman–Crippen MR) is 147 cm³/mol. The third-order valence-electron chi connectivity index (χ3n) is 8.90. The molecule has 1 aromatic carbocycles. The van der Waals surface area contributed by atoms with Crippen LogP contribution in [0.5, 0.6) is 0 Å². The molecule has 1 aromatic rings. The molecule has 6 nitrogen and oxygen atoms in total. The minimum atomic E-state index is 0.639. The van der Waals surface area contributed by atoms with Crippen molar-refractivity contribution in [2.24, 2.45) is 17.8 Å². The first-order valence-electron chi connectivity index (χ1n) is 14.0. The van der Waals surface area contributed by atoms with E-state index in [9.17, 15) is 0 Å². The van der Waals surface area contributed by atoms with Gasteiger partial charge in [0.15, 0.2) is 5.11 Å². The van der Waals surface area contributed by atoms with Crippen molar-refractivity contribution < 1.29 is 4.74 Å². The van der Waals surface area contributed by atoms with E-state index in [1.54, 1.807) is 0 Å². The lowest BCUT2D eigenvalue weighted by Crippen LogP contribution is -2.59. The van der Waals surface area contributed by atoms with Crippen molar-refractivity contribution in [3.8, 4) is 0 Å². The maximum Gasteiger partial charge on any atom is 0.166 e. The summed E-state index contributed by atoms with van der Waals surface area (Å²) in [5.41, 5.74) is 1.51. The fourth-order valence-electron chi connectivity index (χ4n) is 6.75. The highest BCUT2D eigenvalue weighted by Gasteiger charge is 2.40. The SMILES string of the molecule is S=C(NCCN1CCOCC1)NC[C@H]1C[C@@H]2CCN1C[C@H]2CN1CCC(Cc2ccccc2)CC1. The number of thiocarbonyl (C=S) groups is 1. The molecule has 0 saturated carbocycles. The molecule has 5 heterocycles. The zero-order valence-corrected chi connectivity index (χ0v) is 22.2. The van der Waals surface area contributed by atoms with Gasteiger partial charge in [-0.25, -0.2) is 0 Å². The van der Waals surface area contributed by atoms with Crippen molar-refractivity contribution in [1.29, 1.82) is 0 Å². The Labute approximate surface area is 217 Å². The number of morpholine rings is 1. The number of ether oxygens (including phenoxy) is 1. The Bertz CT molecular complexity index is 781. The van der Waals surface area contributed by atoms with E-state index in [0.29, 0.717) is 6.04 Å². The number of nitrogens with zero attached hydrogens (tertiary/aromatic N) is 3. The van der Waals surface area contributed by atoms with Gasteiger partial charge in [-0.1, -0.05) is 30.3 Å². The molecule has 5 saturated heterocycles. The van der Waals surface area contributed by atoms with Crippen LogP contribution in [0, 0.1) is 17.8 Å². The summed E-state index contributed by atoms with van der Waals surface area (Å²) in [5.74, 6) is 2.60. The number of piperidine rings is 4. The van der Waals surface area contributed by atoms with E-state index in [1.165, 1.54) is 70.4 Å². The van der Waals surface area contributed by atoms with Crippen LogP contribution in [-0.4, -0.2) is 105 Å². The molecule has 6 rings (SSSR count). The van der Waals surface area contributed by atoms with E-state index < -0.39 is 0 Å². The summed E-state index contributed by atoms with van der Waals surface area (Å²) in [6.45, 7) is 13.1. The fourth-order valence-corrected chi connectivity index (χ4v) is 6.93. The highest BCUT2D eigenvalue weighted by atomic mass is 32.1. The van der Waals surface area contributed by atoms with Gasteiger partial charge in [-0.2, -0.15) is 0 Å². The van der Waals surface area contributed by atoms with Gasteiger partial charge in [0.1, 0.15) is 0 Å². The molecule has 4 atom stereocenters. The number of hydrogen-bond acceptors (Lipinski definition) is 5. The van der Waals surface area contributed by atoms with Crippen LogP contribution >= 0.6 is 12.2 Å². The molecule has 0 spiro atoms. The number of nitrogens with one attached hydrogen (secondary N) is 2. The largest absolute Gasteiger partial charge is 0.379 e. The molecule has 0 radical (unpaired) electrons. The summed E-state index contributed by atoms with van der Waals surface area (Å²) in [6, 6.07) is 11.7. The Morgan fingerprint density at radius 3 is 2.49 bits per heavy atom. The van der Waals surface area contributed by atoms with Crippen molar-refractivity contribution in [3.63, 3.8) is 0 Å². The van der Waals surface area contributed by atoms with Crippen molar-refractivity contribution in [1.82, 2.24) is 25.3 Å². The van der Waals surface area contributed by atoms with Gasteiger partial charge >= 0.3 is 0 Å². The average molecular weight is 500 g/mol. The second-order valence-corrected chi connectivity index (χ2v) is 11.6. The van der Waals surface area contributed by atoms with Gasteiger partial charge in [0.05, 0.1) is 13.2 Å². The number of benzene rings is 1. The molecule has 194 valence electrons. The van der Waals surface area contributed by atoms with Crippen molar-refractivity contribution in [2.45, 2.75) is 38.1 Å². The maximum atomic E-state index is 5.57. The molecule has 2 bridgehead atoms. The summed E-state index contributed by atoms with van der Waals surface area (Å²) in [4.78, 5) is 7.96. The Kier molecular flexibility index (Phi) is 9.30. The van der Waals surface area contributed by atoms with Gasteiger partial charge in [0.2, 0.25) is 0 Å². The van der Waals surface area contributed by atoms with Crippen LogP contribution in [0.2, 0.25) is 0 Å².